The molecule has 1 aromatic rings. The van der Waals surface area contributed by atoms with E-state index in [4.69, 9.17) is 11.6 Å². The molecule has 1 aromatic carbocycles. The SMILES string of the molecule is Cc1cc(/C=C(\CCl)C(C)C)ccc1Br. The van der Waals surface area contributed by atoms with Gasteiger partial charge in [-0.1, -0.05) is 53.6 Å². The van der Waals surface area contributed by atoms with Crippen LogP contribution >= 0.6 is 27.5 Å². The summed E-state index contributed by atoms with van der Waals surface area (Å²) in [5.74, 6) is 1.11. The van der Waals surface area contributed by atoms with Crippen molar-refractivity contribution in [1.82, 2.24) is 0 Å². The first-order valence-corrected chi connectivity index (χ1v) is 6.40. The van der Waals surface area contributed by atoms with E-state index in [0.717, 1.165) is 4.47 Å². The van der Waals surface area contributed by atoms with Crippen LogP contribution in [-0.4, -0.2) is 5.88 Å². The summed E-state index contributed by atoms with van der Waals surface area (Å²) in [5.41, 5.74) is 3.75. The molecule has 0 N–H and O–H groups in total. The Balaban J connectivity index is 3.01. The molecule has 1 rings (SSSR count). The van der Waals surface area contributed by atoms with Gasteiger partial charge in [0.2, 0.25) is 0 Å². The Bertz CT molecular complexity index is 367. The summed E-state index contributed by atoms with van der Waals surface area (Å²) in [4.78, 5) is 0. The van der Waals surface area contributed by atoms with Crippen LogP contribution in [0.1, 0.15) is 25.0 Å². The van der Waals surface area contributed by atoms with E-state index in [2.05, 4.69) is 61.0 Å². The van der Waals surface area contributed by atoms with Crippen molar-refractivity contribution >= 4 is 33.6 Å². The second kappa shape index (κ2) is 5.72. The van der Waals surface area contributed by atoms with Crippen molar-refractivity contribution < 1.29 is 0 Å². The van der Waals surface area contributed by atoms with Gasteiger partial charge >= 0.3 is 0 Å². The first kappa shape index (κ1) is 12.8. The number of hydrogen-bond acceptors (Lipinski definition) is 0. The molecule has 82 valence electrons. The number of rotatable bonds is 3. The summed E-state index contributed by atoms with van der Waals surface area (Å²) in [6.45, 7) is 6.43. The Hall–Kier alpha value is -0.270. The first-order chi connectivity index (χ1) is 7.04. The number of aryl methyl sites for hydroxylation is 1. The molecule has 0 aliphatic rings. The van der Waals surface area contributed by atoms with Crippen molar-refractivity contribution in [3.63, 3.8) is 0 Å². The lowest BCUT2D eigenvalue weighted by molar-refractivity contribution is 0.778. The molecule has 0 aromatic heterocycles. The first-order valence-electron chi connectivity index (χ1n) is 5.07. The monoisotopic (exact) mass is 286 g/mol. The van der Waals surface area contributed by atoms with Crippen LogP contribution in [0, 0.1) is 12.8 Å². The van der Waals surface area contributed by atoms with Crippen LogP contribution in [0.4, 0.5) is 0 Å². The molecule has 0 aliphatic heterocycles. The minimum absolute atomic E-state index is 0.506. The lowest BCUT2D eigenvalue weighted by Gasteiger charge is -2.08. The van der Waals surface area contributed by atoms with Gasteiger partial charge in [-0.25, -0.2) is 0 Å². The van der Waals surface area contributed by atoms with Crippen LogP contribution in [0.3, 0.4) is 0 Å². The van der Waals surface area contributed by atoms with Gasteiger partial charge in [-0.15, -0.1) is 11.6 Å². The van der Waals surface area contributed by atoms with E-state index < -0.39 is 0 Å². The van der Waals surface area contributed by atoms with E-state index in [-0.39, 0.29) is 0 Å². The molecular weight excluding hydrogens is 272 g/mol. The lowest BCUT2D eigenvalue weighted by Crippen LogP contribution is -1.95. The van der Waals surface area contributed by atoms with Gasteiger partial charge in [0, 0.05) is 10.4 Å². The smallest absolute Gasteiger partial charge is 0.0439 e. The highest BCUT2D eigenvalue weighted by molar-refractivity contribution is 9.10. The van der Waals surface area contributed by atoms with Gasteiger partial charge in [-0.3, -0.25) is 0 Å². The summed E-state index contributed by atoms with van der Waals surface area (Å²) in [6.07, 6.45) is 2.18. The van der Waals surface area contributed by atoms with Crippen molar-refractivity contribution in [3.05, 3.63) is 39.4 Å². The maximum atomic E-state index is 5.91. The van der Waals surface area contributed by atoms with Gasteiger partial charge in [0.05, 0.1) is 0 Å². The van der Waals surface area contributed by atoms with Crippen LogP contribution in [0.15, 0.2) is 28.2 Å². The van der Waals surface area contributed by atoms with Crippen LogP contribution in [-0.2, 0) is 0 Å². The number of hydrogen-bond donors (Lipinski definition) is 0. The fourth-order valence-electron chi connectivity index (χ4n) is 1.33. The van der Waals surface area contributed by atoms with Gasteiger partial charge in [0.1, 0.15) is 0 Å². The number of allylic oxidation sites excluding steroid dienone is 1. The predicted octanol–water partition coefficient (Wildman–Crippen LogP) is 5.04. The Morgan fingerprint density at radius 2 is 2.13 bits per heavy atom. The van der Waals surface area contributed by atoms with Crippen molar-refractivity contribution in [1.29, 1.82) is 0 Å². The van der Waals surface area contributed by atoms with Crippen molar-refractivity contribution in [2.75, 3.05) is 5.88 Å². The zero-order valence-corrected chi connectivity index (χ0v) is 11.7. The number of benzene rings is 1. The molecule has 0 spiro atoms. The summed E-state index contributed by atoms with van der Waals surface area (Å²) in [5, 5.41) is 0. The largest absolute Gasteiger partial charge is 0.122 e. The fourth-order valence-corrected chi connectivity index (χ4v) is 1.96. The van der Waals surface area contributed by atoms with Crippen molar-refractivity contribution in [2.24, 2.45) is 5.92 Å². The quantitative estimate of drug-likeness (QED) is 0.684. The van der Waals surface area contributed by atoms with E-state index in [0.29, 0.717) is 11.8 Å². The maximum Gasteiger partial charge on any atom is 0.0439 e. The minimum Gasteiger partial charge on any atom is -0.122 e. The molecule has 0 fully saturated rings. The molecule has 0 nitrogen and oxygen atoms in total. The number of alkyl halides is 1. The summed E-state index contributed by atoms with van der Waals surface area (Å²) >= 11 is 9.40. The van der Waals surface area contributed by atoms with E-state index in [1.807, 2.05) is 0 Å². The molecule has 0 bridgehead atoms. The Kier molecular flexibility index (Phi) is 4.88. The molecule has 0 atom stereocenters. The summed E-state index contributed by atoms with van der Waals surface area (Å²) in [7, 11) is 0. The van der Waals surface area contributed by atoms with Gasteiger partial charge in [0.15, 0.2) is 0 Å². The molecular formula is C13H16BrCl. The third-order valence-corrected chi connectivity index (χ3v) is 3.63. The molecule has 0 radical (unpaired) electrons. The van der Waals surface area contributed by atoms with E-state index in [1.165, 1.54) is 16.7 Å². The average Bonchev–Trinajstić information content (AvgIpc) is 2.19. The predicted molar refractivity (Wildman–Crippen MR) is 72.4 cm³/mol. The van der Waals surface area contributed by atoms with Gasteiger partial charge in [0.25, 0.3) is 0 Å². The molecule has 0 heterocycles. The average molecular weight is 288 g/mol. The van der Waals surface area contributed by atoms with Gasteiger partial charge in [-0.2, -0.15) is 0 Å². The second-order valence-corrected chi connectivity index (χ2v) is 5.14. The maximum absolute atomic E-state index is 5.91. The van der Waals surface area contributed by atoms with Crippen LogP contribution in [0.2, 0.25) is 0 Å². The third kappa shape index (κ3) is 3.66. The number of halogens is 2. The van der Waals surface area contributed by atoms with Gasteiger partial charge in [-0.05, 0) is 30.0 Å². The highest BCUT2D eigenvalue weighted by Gasteiger charge is 2.02. The standard InChI is InChI=1S/C13H16BrCl/c1-9(2)12(8-15)7-11-4-5-13(14)10(3)6-11/h4-7,9H,8H2,1-3H3/b12-7+. The molecule has 0 saturated heterocycles. The highest BCUT2D eigenvalue weighted by Crippen LogP contribution is 2.21. The normalized spacial score (nSPS) is 12.3. The lowest BCUT2D eigenvalue weighted by atomic mass is 10.0. The van der Waals surface area contributed by atoms with Gasteiger partial charge < -0.3 is 0 Å². The van der Waals surface area contributed by atoms with Crippen LogP contribution < -0.4 is 0 Å². The van der Waals surface area contributed by atoms with E-state index in [9.17, 15) is 0 Å². The molecule has 0 saturated carbocycles. The van der Waals surface area contributed by atoms with E-state index in [1.54, 1.807) is 0 Å². The molecule has 0 aliphatic carbocycles. The topological polar surface area (TPSA) is 0 Å². The highest BCUT2D eigenvalue weighted by atomic mass is 79.9. The minimum atomic E-state index is 0.506. The molecule has 0 unspecified atom stereocenters. The van der Waals surface area contributed by atoms with E-state index >= 15 is 0 Å². The van der Waals surface area contributed by atoms with Crippen LogP contribution in [0.25, 0.3) is 6.08 Å². The van der Waals surface area contributed by atoms with Crippen molar-refractivity contribution in [2.45, 2.75) is 20.8 Å². The fraction of sp³-hybridized carbons (Fsp3) is 0.385. The summed E-state index contributed by atoms with van der Waals surface area (Å²) < 4.78 is 1.15. The Morgan fingerprint density at radius 3 is 2.60 bits per heavy atom. The third-order valence-electron chi connectivity index (χ3n) is 2.43. The second-order valence-electron chi connectivity index (χ2n) is 4.02. The molecule has 0 amide bonds. The van der Waals surface area contributed by atoms with Crippen LogP contribution in [0.5, 0.6) is 0 Å². The molecule has 15 heavy (non-hydrogen) atoms. The zero-order chi connectivity index (χ0) is 11.4. The summed E-state index contributed by atoms with van der Waals surface area (Å²) in [6, 6.07) is 6.35. The zero-order valence-electron chi connectivity index (χ0n) is 9.35. The Morgan fingerprint density at radius 1 is 1.47 bits per heavy atom. The molecule has 2 heteroatoms. The van der Waals surface area contributed by atoms with Crippen molar-refractivity contribution in [3.8, 4) is 0 Å². The Labute approximate surface area is 105 Å².